The van der Waals surface area contributed by atoms with Gasteiger partial charge >= 0.3 is 0 Å². The fourth-order valence-corrected chi connectivity index (χ4v) is 3.38. The van der Waals surface area contributed by atoms with Crippen molar-refractivity contribution < 1.29 is 4.79 Å². The van der Waals surface area contributed by atoms with E-state index in [0.717, 1.165) is 18.7 Å². The van der Waals surface area contributed by atoms with Gasteiger partial charge < -0.3 is 16.0 Å². The van der Waals surface area contributed by atoms with Gasteiger partial charge in [0.15, 0.2) is 5.96 Å². The first kappa shape index (κ1) is 23.7. The van der Waals surface area contributed by atoms with E-state index >= 15 is 0 Å². The van der Waals surface area contributed by atoms with Crippen molar-refractivity contribution in [2.75, 3.05) is 33.2 Å². The minimum Gasteiger partial charge on any atom is -0.355 e. The topological polar surface area (TPSA) is 68.8 Å². The summed E-state index contributed by atoms with van der Waals surface area (Å²) in [7, 11) is 1.73. The molecule has 1 amide bonds. The molecule has 3 N–H and O–H groups in total. The smallest absolute Gasteiger partial charge is 0.239 e. The fraction of sp³-hybridized carbons (Fsp3) is 0.600. The molecule has 7 heteroatoms. The molecule has 1 unspecified atom stereocenters. The molecule has 1 aliphatic heterocycles. The summed E-state index contributed by atoms with van der Waals surface area (Å²) in [6.07, 6.45) is 5.18. The lowest BCUT2D eigenvalue weighted by molar-refractivity contribution is -0.120. The number of halogens is 1. The van der Waals surface area contributed by atoms with Gasteiger partial charge in [-0.15, -0.1) is 24.0 Å². The van der Waals surface area contributed by atoms with Crippen molar-refractivity contribution in [1.29, 1.82) is 0 Å². The molecule has 0 spiro atoms. The van der Waals surface area contributed by atoms with E-state index in [1.165, 1.54) is 32.2 Å². The Hall–Kier alpha value is -1.35. The number of amides is 1. The van der Waals surface area contributed by atoms with Crippen molar-refractivity contribution in [3.05, 3.63) is 35.9 Å². The van der Waals surface area contributed by atoms with Crippen LogP contribution in [-0.2, 0) is 11.3 Å². The van der Waals surface area contributed by atoms with E-state index in [1.807, 2.05) is 30.3 Å². The Morgan fingerprint density at radius 3 is 2.67 bits per heavy atom. The molecule has 1 heterocycles. The number of nitrogens with zero attached hydrogens (tertiary/aromatic N) is 2. The molecule has 0 saturated carbocycles. The highest BCUT2D eigenvalue weighted by molar-refractivity contribution is 14.0. The second-order valence-corrected chi connectivity index (χ2v) is 6.71. The van der Waals surface area contributed by atoms with E-state index < -0.39 is 0 Å². The standard InChI is InChI=1S/C20H33N5O.HI/c1-3-18-11-7-8-13-25(18)14-12-22-20(21-2)24-16-19(26)23-15-17-9-5-4-6-10-17;/h4-6,9-10,18H,3,7-8,11-16H2,1-2H3,(H,23,26)(H2,21,22,24);1H. The van der Waals surface area contributed by atoms with Gasteiger partial charge in [-0.2, -0.15) is 0 Å². The predicted octanol–water partition coefficient (Wildman–Crippen LogP) is 2.35. The van der Waals surface area contributed by atoms with Gasteiger partial charge in [0.05, 0.1) is 6.54 Å². The third kappa shape index (κ3) is 8.92. The van der Waals surface area contributed by atoms with Gasteiger partial charge in [-0.3, -0.25) is 14.7 Å². The molecule has 0 radical (unpaired) electrons. The predicted molar refractivity (Wildman–Crippen MR) is 123 cm³/mol. The average Bonchev–Trinajstić information content (AvgIpc) is 2.70. The largest absolute Gasteiger partial charge is 0.355 e. The normalized spacial score (nSPS) is 17.7. The van der Waals surface area contributed by atoms with Crippen LogP contribution in [0.15, 0.2) is 35.3 Å². The van der Waals surface area contributed by atoms with E-state index in [-0.39, 0.29) is 36.4 Å². The maximum atomic E-state index is 12.0. The summed E-state index contributed by atoms with van der Waals surface area (Å²) >= 11 is 0. The molecule has 1 aromatic rings. The molecule has 0 aliphatic carbocycles. The summed E-state index contributed by atoms with van der Waals surface area (Å²) in [5.41, 5.74) is 1.09. The maximum Gasteiger partial charge on any atom is 0.239 e. The molecule has 2 rings (SSSR count). The van der Waals surface area contributed by atoms with Crippen molar-refractivity contribution in [2.45, 2.75) is 45.2 Å². The zero-order chi connectivity index (χ0) is 18.6. The molecule has 0 aromatic heterocycles. The number of hydrogen-bond acceptors (Lipinski definition) is 3. The lowest BCUT2D eigenvalue weighted by atomic mass is 10.0. The third-order valence-corrected chi connectivity index (χ3v) is 4.88. The third-order valence-electron chi connectivity index (χ3n) is 4.88. The number of aliphatic imine (C=N–C) groups is 1. The van der Waals surface area contributed by atoms with Gasteiger partial charge in [-0.25, -0.2) is 0 Å². The van der Waals surface area contributed by atoms with Gasteiger partial charge in [-0.1, -0.05) is 43.7 Å². The van der Waals surface area contributed by atoms with Crippen LogP contribution in [0.3, 0.4) is 0 Å². The summed E-state index contributed by atoms with van der Waals surface area (Å²) in [6.45, 7) is 6.06. The van der Waals surface area contributed by atoms with E-state index in [2.05, 4.69) is 32.8 Å². The second-order valence-electron chi connectivity index (χ2n) is 6.71. The van der Waals surface area contributed by atoms with Crippen molar-refractivity contribution >= 4 is 35.8 Å². The first-order valence-corrected chi connectivity index (χ1v) is 9.72. The highest BCUT2D eigenvalue weighted by atomic mass is 127. The van der Waals surface area contributed by atoms with Crippen LogP contribution in [0.5, 0.6) is 0 Å². The highest BCUT2D eigenvalue weighted by Crippen LogP contribution is 2.18. The van der Waals surface area contributed by atoms with Crippen molar-refractivity contribution in [2.24, 2.45) is 4.99 Å². The molecule has 1 saturated heterocycles. The summed E-state index contributed by atoms with van der Waals surface area (Å²) in [5.74, 6) is 0.629. The first-order chi connectivity index (χ1) is 12.7. The minimum atomic E-state index is -0.0427. The van der Waals surface area contributed by atoms with Crippen LogP contribution in [0.1, 0.15) is 38.2 Å². The van der Waals surface area contributed by atoms with Gasteiger partial charge in [0.1, 0.15) is 0 Å². The summed E-state index contributed by atoms with van der Waals surface area (Å²) < 4.78 is 0. The van der Waals surface area contributed by atoms with Crippen LogP contribution in [0, 0.1) is 0 Å². The number of piperidine rings is 1. The minimum absolute atomic E-state index is 0. The quantitative estimate of drug-likeness (QED) is 0.299. The Balaban J connectivity index is 0.00000364. The van der Waals surface area contributed by atoms with Gasteiger partial charge in [0.2, 0.25) is 5.91 Å². The highest BCUT2D eigenvalue weighted by Gasteiger charge is 2.19. The van der Waals surface area contributed by atoms with Crippen LogP contribution in [-0.4, -0.2) is 56.0 Å². The number of guanidine groups is 1. The number of carbonyl (C=O) groups is 1. The Bertz CT molecular complexity index is 567. The van der Waals surface area contributed by atoms with E-state index in [1.54, 1.807) is 7.05 Å². The van der Waals surface area contributed by atoms with Crippen LogP contribution in [0.4, 0.5) is 0 Å². The van der Waals surface area contributed by atoms with E-state index in [9.17, 15) is 4.79 Å². The van der Waals surface area contributed by atoms with Gasteiger partial charge in [-0.05, 0) is 31.4 Å². The van der Waals surface area contributed by atoms with Crippen molar-refractivity contribution in [1.82, 2.24) is 20.9 Å². The Labute approximate surface area is 180 Å². The second kappa shape index (κ2) is 13.8. The number of rotatable bonds is 8. The van der Waals surface area contributed by atoms with Crippen LogP contribution in [0.2, 0.25) is 0 Å². The molecule has 1 aliphatic rings. The average molecular weight is 487 g/mol. The maximum absolute atomic E-state index is 12.0. The number of likely N-dealkylation sites (tertiary alicyclic amines) is 1. The number of benzene rings is 1. The Morgan fingerprint density at radius 1 is 1.19 bits per heavy atom. The zero-order valence-corrected chi connectivity index (χ0v) is 18.9. The SMILES string of the molecule is CCC1CCCCN1CCNC(=NC)NCC(=O)NCc1ccccc1.I. The molecular formula is C20H34IN5O. The van der Waals surface area contributed by atoms with Crippen LogP contribution >= 0.6 is 24.0 Å². The molecule has 1 atom stereocenters. The first-order valence-electron chi connectivity index (χ1n) is 9.72. The molecule has 152 valence electrons. The van der Waals surface area contributed by atoms with E-state index in [0.29, 0.717) is 18.5 Å². The summed E-state index contributed by atoms with van der Waals surface area (Å²) in [6, 6.07) is 10.6. The van der Waals surface area contributed by atoms with Gasteiger partial charge in [0, 0.05) is 32.7 Å². The molecule has 1 fully saturated rings. The molecule has 27 heavy (non-hydrogen) atoms. The summed E-state index contributed by atoms with van der Waals surface area (Å²) in [5, 5.41) is 9.29. The number of hydrogen-bond donors (Lipinski definition) is 3. The van der Waals surface area contributed by atoms with Crippen molar-refractivity contribution in [3.63, 3.8) is 0 Å². The lowest BCUT2D eigenvalue weighted by Crippen LogP contribution is -2.47. The molecule has 1 aromatic carbocycles. The number of nitrogens with one attached hydrogen (secondary N) is 3. The van der Waals surface area contributed by atoms with Crippen LogP contribution < -0.4 is 16.0 Å². The molecule has 0 bridgehead atoms. The van der Waals surface area contributed by atoms with Crippen molar-refractivity contribution in [3.8, 4) is 0 Å². The zero-order valence-electron chi connectivity index (χ0n) is 16.5. The van der Waals surface area contributed by atoms with Crippen LogP contribution in [0.25, 0.3) is 0 Å². The van der Waals surface area contributed by atoms with Gasteiger partial charge in [0.25, 0.3) is 0 Å². The molecular weight excluding hydrogens is 453 g/mol. The Morgan fingerprint density at radius 2 is 1.96 bits per heavy atom. The Kier molecular flexibility index (Phi) is 12.1. The molecule has 6 nitrogen and oxygen atoms in total. The fourth-order valence-electron chi connectivity index (χ4n) is 3.38. The monoisotopic (exact) mass is 487 g/mol. The summed E-state index contributed by atoms with van der Waals surface area (Å²) in [4.78, 5) is 18.7. The number of carbonyl (C=O) groups excluding carboxylic acids is 1. The van der Waals surface area contributed by atoms with E-state index in [4.69, 9.17) is 0 Å². The lowest BCUT2D eigenvalue weighted by Gasteiger charge is -2.35.